The van der Waals surface area contributed by atoms with E-state index < -0.39 is 11.6 Å². The van der Waals surface area contributed by atoms with E-state index in [0.29, 0.717) is 5.56 Å². The van der Waals surface area contributed by atoms with Crippen molar-refractivity contribution in [3.63, 3.8) is 0 Å². The van der Waals surface area contributed by atoms with E-state index in [-0.39, 0.29) is 12.6 Å². The molecule has 2 rings (SSSR count). The van der Waals surface area contributed by atoms with Crippen molar-refractivity contribution < 1.29 is 13.5 Å². The van der Waals surface area contributed by atoms with E-state index in [1.54, 1.807) is 7.11 Å². The Balaban J connectivity index is 2.06. The Morgan fingerprint density at radius 2 is 1.81 bits per heavy atom. The van der Waals surface area contributed by atoms with Crippen LogP contribution in [0, 0.1) is 11.6 Å². The number of halogens is 2. The van der Waals surface area contributed by atoms with Crippen molar-refractivity contribution in [1.29, 1.82) is 0 Å². The number of benzene rings is 2. The number of hydrogen-bond acceptors (Lipinski definition) is 2. The van der Waals surface area contributed by atoms with Crippen LogP contribution in [0.25, 0.3) is 0 Å². The maximum atomic E-state index is 13.6. The van der Waals surface area contributed by atoms with Gasteiger partial charge < -0.3 is 10.1 Å². The van der Waals surface area contributed by atoms with Crippen LogP contribution in [0.2, 0.25) is 0 Å². The molecule has 0 bridgehead atoms. The van der Waals surface area contributed by atoms with Crippen LogP contribution in [0.5, 0.6) is 5.75 Å². The molecule has 112 valence electrons. The fourth-order valence-corrected chi connectivity index (χ4v) is 2.25. The van der Waals surface area contributed by atoms with Gasteiger partial charge in [0.2, 0.25) is 0 Å². The van der Waals surface area contributed by atoms with E-state index in [2.05, 4.69) is 5.32 Å². The third-order valence-electron chi connectivity index (χ3n) is 3.47. The van der Waals surface area contributed by atoms with Crippen LogP contribution in [-0.4, -0.2) is 7.11 Å². The largest absolute Gasteiger partial charge is 0.497 e. The van der Waals surface area contributed by atoms with Crippen LogP contribution < -0.4 is 10.1 Å². The Labute approximate surface area is 123 Å². The monoisotopic (exact) mass is 291 g/mol. The molecule has 2 aromatic rings. The Hall–Kier alpha value is -1.94. The van der Waals surface area contributed by atoms with Crippen LogP contribution in [-0.2, 0) is 6.54 Å². The van der Waals surface area contributed by atoms with E-state index in [0.717, 1.165) is 29.9 Å². The normalized spacial score (nSPS) is 12.2. The minimum atomic E-state index is -0.425. The SMILES string of the molecule is CCC(NCc1cc(F)ccc1F)c1ccc(OC)cc1. The number of rotatable bonds is 6. The number of ether oxygens (including phenoxy) is 1. The first-order valence-electron chi connectivity index (χ1n) is 6.95. The van der Waals surface area contributed by atoms with E-state index in [4.69, 9.17) is 4.74 Å². The Morgan fingerprint density at radius 1 is 1.10 bits per heavy atom. The molecule has 2 nitrogen and oxygen atoms in total. The first-order chi connectivity index (χ1) is 10.1. The van der Waals surface area contributed by atoms with Crippen molar-refractivity contribution in [1.82, 2.24) is 5.32 Å². The molecule has 0 saturated carbocycles. The summed E-state index contributed by atoms with van der Waals surface area (Å²) in [7, 11) is 1.62. The molecule has 0 saturated heterocycles. The van der Waals surface area contributed by atoms with Gasteiger partial charge in [0.05, 0.1) is 7.11 Å². The second-order valence-corrected chi connectivity index (χ2v) is 4.85. The summed E-state index contributed by atoms with van der Waals surface area (Å²) in [4.78, 5) is 0. The van der Waals surface area contributed by atoms with Crippen molar-refractivity contribution >= 4 is 0 Å². The van der Waals surface area contributed by atoms with Gasteiger partial charge in [-0.3, -0.25) is 0 Å². The summed E-state index contributed by atoms with van der Waals surface area (Å²) in [6, 6.07) is 11.3. The summed E-state index contributed by atoms with van der Waals surface area (Å²) in [5.74, 6) is -0.0241. The highest BCUT2D eigenvalue weighted by Crippen LogP contribution is 2.21. The second-order valence-electron chi connectivity index (χ2n) is 4.85. The highest BCUT2D eigenvalue weighted by molar-refractivity contribution is 5.29. The molecule has 0 aromatic heterocycles. The molecular weight excluding hydrogens is 272 g/mol. The Bertz CT molecular complexity index is 584. The molecule has 0 amide bonds. The summed E-state index contributed by atoms with van der Waals surface area (Å²) < 4.78 is 31.9. The molecule has 2 aromatic carbocycles. The minimum Gasteiger partial charge on any atom is -0.497 e. The van der Waals surface area contributed by atoms with Crippen LogP contribution in [0.4, 0.5) is 8.78 Å². The zero-order chi connectivity index (χ0) is 15.2. The quantitative estimate of drug-likeness (QED) is 0.860. The number of hydrogen-bond donors (Lipinski definition) is 1. The van der Waals surface area contributed by atoms with Crippen molar-refractivity contribution in [3.8, 4) is 5.75 Å². The first kappa shape index (κ1) is 15.4. The van der Waals surface area contributed by atoms with Crippen molar-refractivity contribution in [2.45, 2.75) is 25.9 Å². The lowest BCUT2D eigenvalue weighted by Crippen LogP contribution is -2.21. The molecule has 0 radical (unpaired) electrons. The lowest BCUT2D eigenvalue weighted by Gasteiger charge is -2.18. The molecule has 0 heterocycles. The van der Waals surface area contributed by atoms with Gasteiger partial charge in [0.1, 0.15) is 17.4 Å². The third-order valence-corrected chi connectivity index (χ3v) is 3.47. The second kappa shape index (κ2) is 7.18. The van der Waals surface area contributed by atoms with Gasteiger partial charge in [-0.25, -0.2) is 8.78 Å². The van der Waals surface area contributed by atoms with Crippen LogP contribution in [0.1, 0.15) is 30.5 Å². The molecule has 0 fully saturated rings. The topological polar surface area (TPSA) is 21.3 Å². The minimum absolute atomic E-state index is 0.0820. The molecular formula is C17H19F2NO. The Morgan fingerprint density at radius 3 is 2.43 bits per heavy atom. The number of methoxy groups -OCH3 is 1. The van der Waals surface area contributed by atoms with Gasteiger partial charge in [0.25, 0.3) is 0 Å². The smallest absolute Gasteiger partial charge is 0.127 e. The Kier molecular flexibility index (Phi) is 5.28. The van der Waals surface area contributed by atoms with Gasteiger partial charge in [0.15, 0.2) is 0 Å². The maximum absolute atomic E-state index is 13.6. The predicted octanol–water partition coefficient (Wildman–Crippen LogP) is 4.21. The van der Waals surface area contributed by atoms with Crippen molar-refractivity contribution in [2.75, 3.05) is 7.11 Å². The van der Waals surface area contributed by atoms with Crippen LogP contribution >= 0.6 is 0 Å². The van der Waals surface area contributed by atoms with E-state index in [1.165, 1.54) is 6.07 Å². The zero-order valence-electron chi connectivity index (χ0n) is 12.2. The predicted molar refractivity (Wildman–Crippen MR) is 79.2 cm³/mol. The molecule has 21 heavy (non-hydrogen) atoms. The van der Waals surface area contributed by atoms with Gasteiger partial charge in [0, 0.05) is 18.2 Å². The van der Waals surface area contributed by atoms with E-state index in [1.807, 2.05) is 31.2 Å². The summed E-state index contributed by atoms with van der Waals surface area (Å²) in [6.07, 6.45) is 0.850. The van der Waals surface area contributed by atoms with Gasteiger partial charge >= 0.3 is 0 Å². The summed E-state index contributed by atoms with van der Waals surface area (Å²) >= 11 is 0. The fourth-order valence-electron chi connectivity index (χ4n) is 2.25. The van der Waals surface area contributed by atoms with Gasteiger partial charge in [-0.05, 0) is 42.3 Å². The molecule has 0 aliphatic carbocycles. The lowest BCUT2D eigenvalue weighted by molar-refractivity contribution is 0.414. The first-order valence-corrected chi connectivity index (χ1v) is 6.95. The van der Waals surface area contributed by atoms with Crippen molar-refractivity contribution in [2.24, 2.45) is 0 Å². The maximum Gasteiger partial charge on any atom is 0.127 e. The van der Waals surface area contributed by atoms with Crippen LogP contribution in [0.3, 0.4) is 0 Å². The summed E-state index contributed by atoms with van der Waals surface area (Å²) in [5.41, 5.74) is 1.43. The summed E-state index contributed by atoms with van der Waals surface area (Å²) in [5, 5.41) is 3.26. The highest BCUT2D eigenvalue weighted by Gasteiger charge is 2.11. The molecule has 0 spiro atoms. The highest BCUT2D eigenvalue weighted by atomic mass is 19.1. The van der Waals surface area contributed by atoms with Crippen LogP contribution in [0.15, 0.2) is 42.5 Å². The molecule has 0 aliphatic heterocycles. The summed E-state index contributed by atoms with van der Waals surface area (Å²) in [6.45, 7) is 2.33. The zero-order valence-corrected chi connectivity index (χ0v) is 12.2. The molecule has 1 atom stereocenters. The molecule has 1 N–H and O–H groups in total. The van der Waals surface area contributed by atoms with E-state index in [9.17, 15) is 8.78 Å². The van der Waals surface area contributed by atoms with E-state index >= 15 is 0 Å². The molecule has 1 unspecified atom stereocenters. The number of nitrogens with one attached hydrogen (secondary N) is 1. The standard InChI is InChI=1S/C17H19F2NO/c1-3-17(12-4-7-15(21-2)8-5-12)20-11-13-10-14(18)6-9-16(13)19/h4-10,17,20H,3,11H2,1-2H3. The fraction of sp³-hybridized carbons (Fsp3) is 0.294. The molecule has 0 aliphatic rings. The third kappa shape index (κ3) is 4.02. The van der Waals surface area contributed by atoms with Crippen molar-refractivity contribution in [3.05, 3.63) is 65.2 Å². The lowest BCUT2D eigenvalue weighted by atomic mass is 10.0. The average molecular weight is 291 g/mol. The average Bonchev–Trinajstić information content (AvgIpc) is 2.51. The van der Waals surface area contributed by atoms with Gasteiger partial charge in [-0.15, -0.1) is 0 Å². The van der Waals surface area contributed by atoms with Gasteiger partial charge in [-0.1, -0.05) is 19.1 Å². The molecule has 4 heteroatoms. The van der Waals surface area contributed by atoms with Gasteiger partial charge in [-0.2, -0.15) is 0 Å².